The molecule has 0 aliphatic rings. The van der Waals surface area contributed by atoms with Gasteiger partial charge >= 0.3 is 0 Å². The zero-order valence-electron chi connectivity index (χ0n) is 18.4. The van der Waals surface area contributed by atoms with Crippen LogP contribution in [0.5, 0.6) is 23.0 Å². The van der Waals surface area contributed by atoms with Crippen LogP contribution in [0.25, 0.3) is 10.9 Å². The maximum Gasteiger partial charge on any atom is 0.217 e. The summed E-state index contributed by atoms with van der Waals surface area (Å²) >= 11 is 0. The average Bonchev–Trinajstić information content (AvgIpc) is 3.24. The molecule has 1 amide bonds. The Hall–Kier alpha value is -4.19. The minimum Gasteiger partial charge on any atom is -0.495 e. The van der Waals surface area contributed by atoms with E-state index in [1.807, 2.05) is 0 Å². The summed E-state index contributed by atoms with van der Waals surface area (Å²) in [5.74, 6) is 6.97. The fourth-order valence-corrected chi connectivity index (χ4v) is 3.19. The number of hydrogen-bond donors (Lipinski definition) is 2. The Labute approximate surface area is 185 Å². The Morgan fingerprint density at radius 3 is 2.22 bits per heavy atom. The van der Waals surface area contributed by atoms with Crippen LogP contribution in [0.1, 0.15) is 28.5 Å². The summed E-state index contributed by atoms with van der Waals surface area (Å²) in [6.45, 7) is 1.60. The Morgan fingerprint density at radius 1 is 1.00 bits per heavy atom. The fourth-order valence-electron chi connectivity index (χ4n) is 3.19. The monoisotopic (exact) mass is 437 g/mol. The molecule has 9 nitrogen and oxygen atoms in total. The molecule has 1 aromatic heterocycles. The second kappa shape index (κ2) is 9.75. The third kappa shape index (κ3) is 4.30. The number of methoxy groups -OCH3 is 4. The first-order chi connectivity index (χ1) is 15.4. The molecule has 3 aromatic rings. The third-order valence-electron chi connectivity index (χ3n) is 4.70. The predicted molar refractivity (Wildman–Crippen MR) is 118 cm³/mol. The third-order valence-corrected chi connectivity index (χ3v) is 4.70. The van der Waals surface area contributed by atoms with E-state index in [2.05, 4.69) is 27.4 Å². The molecular weight excluding hydrogens is 414 g/mol. The lowest BCUT2D eigenvalue weighted by molar-refractivity contribution is -0.118. The smallest absolute Gasteiger partial charge is 0.217 e. The Balaban J connectivity index is 2.08. The first-order valence-corrected chi connectivity index (χ1v) is 9.58. The number of benzene rings is 2. The van der Waals surface area contributed by atoms with Crippen molar-refractivity contribution in [2.24, 2.45) is 0 Å². The van der Waals surface area contributed by atoms with Gasteiger partial charge < -0.3 is 24.3 Å². The van der Waals surface area contributed by atoms with Gasteiger partial charge in [0.2, 0.25) is 17.4 Å². The van der Waals surface area contributed by atoms with Gasteiger partial charge in [-0.2, -0.15) is 5.10 Å². The lowest BCUT2D eigenvalue weighted by atomic mass is 10.0. The van der Waals surface area contributed by atoms with E-state index in [1.54, 1.807) is 24.3 Å². The van der Waals surface area contributed by atoms with Crippen LogP contribution in [0.15, 0.2) is 24.3 Å². The quantitative estimate of drug-likeness (QED) is 0.431. The first kappa shape index (κ1) is 22.5. The highest BCUT2D eigenvalue weighted by Gasteiger charge is 2.23. The summed E-state index contributed by atoms with van der Waals surface area (Å²) in [6, 6.07) is 6.60. The summed E-state index contributed by atoms with van der Waals surface area (Å²) in [5, 5.41) is 10.3. The molecule has 0 saturated carbocycles. The topological polar surface area (TPSA) is 112 Å². The highest BCUT2D eigenvalue weighted by molar-refractivity contribution is 6.16. The summed E-state index contributed by atoms with van der Waals surface area (Å²) in [7, 11) is 5.98. The number of hydrogen-bond acceptors (Lipinski definition) is 7. The van der Waals surface area contributed by atoms with Gasteiger partial charge in [-0.25, -0.2) is 0 Å². The number of H-pyrrole nitrogens is 1. The van der Waals surface area contributed by atoms with Gasteiger partial charge in [0.1, 0.15) is 11.4 Å². The van der Waals surface area contributed by atoms with Crippen LogP contribution in [0.3, 0.4) is 0 Å². The molecule has 0 spiro atoms. The lowest BCUT2D eigenvalue weighted by Crippen LogP contribution is -2.19. The Kier molecular flexibility index (Phi) is 6.85. The number of ether oxygens (including phenoxy) is 4. The lowest BCUT2D eigenvalue weighted by Gasteiger charge is -2.13. The van der Waals surface area contributed by atoms with Gasteiger partial charge in [0.25, 0.3) is 0 Å². The van der Waals surface area contributed by atoms with E-state index >= 15 is 0 Å². The SMILES string of the molecule is COc1cc(C(=O)c2n[nH]c3c(C#CCNC(C)=O)c(OC)ccc23)cc(OC)c1OC. The molecule has 0 radical (unpaired) electrons. The molecule has 0 atom stereocenters. The van der Waals surface area contributed by atoms with Gasteiger partial charge in [0, 0.05) is 17.9 Å². The van der Waals surface area contributed by atoms with Crippen molar-refractivity contribution in [2.75, 3.05) is 35.0 Å². The number of carbonyl (C=O) groups excluding carboxylic acids is 2. The molecule has 0 bridgehead atoms. The van der Waals surface area contributed by atoms with Gasteiger partial charge in [-0.15, -0.1) is 0 Å². The average molecular weight is 437 g/mol. The second-order valence-corrected chi connectivity index (χ2v) is 6.59. The molecule has 2 N–H and O–H groups in total. The number of rotatable bonds is 7. The zero-order chi connectivity index (χ0) is 23.3. The van der Waals surface area contributed by atoms with Crippen molar-refractivity contribution in [2.45, 2.75) is 6.92 Å². The van der Waals surface area contributed by atoms with Gasteiger partial charge in [0.15, 0.2) is 11.5 Å². The highest BCUT2D eigenvalue weighted by atomic mass is 16.5. The van der Waals surface area contributed by atoms with Gasteiger partial charge in [-0.1, -0.05) is 11.8 Å². The van der Waals surface area contributed by atoms with Crippen molar-refractivity contribution in [3.63, 3.8) is 0 Å². The fraction of sp³-hybridized carbons (Fsp3) is 0.261. The number of aromatic nitrogens is 2. The Bertz CT molecular complexity index is 1210. The standard InChI is InChI=1S/C23H23N3O6/c1-13(27)24-10-6-7-15-17(29-2)9-8-16-20(15)25-26-21(16)22(28)14-11-18(30-3)23(32-5)19(12-14)31-4/h8-9,11-12H,10H2,1-5H3,(H,24,27)(H,25,26). The predicted octanol–water partition coefficient (Wildman–Crippen LogP) is 2.32. The highest BCUT2D eigenvalue weighted by Crippen LogP contribution is 2.39. The van der Waals surface area contributed by atoms with Crippen molar-refractivity contribution in [1.29, 1.82) is 0 Å². The molecule has 9 heteroatoms. The van der Waals surface area contributed by atoms with E-state index in [9.17, 15) is 9.59 Å². The largest absolute Gasteiger partial charge is 0.495 e. The van der Waals surface area contributed by atoms with Gasteiger partial charge in [-0.05, 0) is 24.3 Å². The van der Waals surface area contributed by atoms with Crippen molar-refractivity contribution in [3.05, 3.63) is 41.1 Å². The summed E-state index contributed by atoms with van der Waals surface area (Å²) in [4.78, 5) is 24.4. The minimum absolute atomic E-state index is 0.177. The number of carbonyl (C=O) groups is 2. The van der Waals surface area contributed by atoms with Crippen LogP contribution in [0.2, 0.25) is 0 Å². The maximum atomic E-state index is 13.3. The van der Waals surface area contributed by atoms with E-state index in [0.717, 1.165) is 0 Å². The number of fused-ring (bicyclic) bond motifs is 1. The molecule has 0 fully saturated rings. The van der Waals surface area contributed by atoms with Crippen LogP contribution < -0.4 is 24.3 Å². The van der Waals surface area contributed by atoms with Crippen molar-refractivity contribution < 1.29 is 28.5 Å². The molecule has 2 aromatic carbocycles. The van der Waals surface area contributed by atoms with Gasteiger partial charge in [0.05, 0.1) is 46.1 Å². The number of amides is 1. The maximum absolute atomic E-state index is 13.3. The normalized spacial score (nSPS) is 10.2. The molecule has 3 rings (SSSR count). The number of aromatic amines is 1. The van der Waals surface area contributed by atoms with Gasteiger partial charge in [-0.3, -0.25) is 14.7 Å². The first-order valence-electron chi connectivity index (χ1n) is 9.58. The second-order valence-electron chi connectivity index (χ2n) is 6.59. The molecule has 0 aliphatic heterocycles. The minimum atomic E-state index is -0.335. The molecule has 0 saturated heterocycles. The van der Waals surface area contributed by atoms with E-state index in [-0.39, 0.29) is 23.9 Å². The zero-order valence-corrected chi connectivity index (χ0v) is 18.4. The summed E-state index contributed by atoms with van der Waals surface area (Å²) < 4.78 is 21.4. The Morgan fingerprint density at radius 2 is 1.66 bits per heavy atom. The molecule has 166 valence electrons. The van der Waals surface area contributed by atoms with Crippen LogP contribution in [0, 0.1) is 11.8 Å². The molecule has 1 heterocycles. The van der Waals surface area contributed by atoms with Crippen LogP contribution in [0.4, 0.5) is 0 Å². The van der Waals surface area contributed by atoms with E-state index < -0.39 is 0 Å². The summed E-state index contributed by atoms with van der Waals surface area (Å²) in [6.07, 6.45) is 0. The van der Waals surface area contributed by atoms with E-state index in [0.29, 0.717) is 45.0 Å². The van der Waals surface area contributed by atoms with Crippen molar-refractivity contribution in [1.82, 2.24) is 15.5 Å². The van der Waals surface area contributed by atoms with E-state index in [1.165, 1.54) is 35.4 Å². The van der Waals surface area contributed by atoms with Crippen LogP contribution >= 0.6 is 0 Å². The molecule has 0 unspecified atom stereocenters. The summed E-state index contributed by atoms with van der Waals surface area (Å²) in [5.41, 5.74) is 1.62. The molecule has 0 aliphatic carbocycles. The molecule has 32 heavy (non-hydrogen) atoms. The van der Waals surface area contributed by atoms with Crippen molar-refractivity contribution >= 4 is 22.6 Å². The van der Waals surface area contributed by atoms with Crippen LogP contribution in [-0.2, 0) is 4.79 Å². The van der Waals surface area contributed by atoms with Crippen molar-refractivity contribution in [3.8, 4) is 34.8 Å². The van der Waals surface area contributed by atoms with E-state index in [4.69, 9.17) is 18.9 Å². The van der Waals surface area contributed by atoms with Crippen LogP contribution in [-0.4, -0.2) is 56.9 Å². The number of ketones is 1. The number of nitrogens with one attached hydrogen (secondary N) is 2. The molecular formula is C23H23N3O6. The number of nitrogens with zero attached hydrogens (tertiary/aromatic N) is 1.